The Morgan fingerprint density at radius 1 is 1.29 bits per heavy atom. The third-order valence-corrected chi connectivity index (χ3v) is 4.76. The lowest BCUT2D eigenvalue weighted by molar-refractivity contribution is 0.325. The molecule has 3 rings (SSSR count). The summed E-state index contributed by atoms with van der Waals surface area (Å²) >= 11 is 0. The second kappa shape index (κ2) is 5.34. The van der Waals surface area contributed by atoms with E-state index in [1.807, 2.05) is 24.3 Å². The van der Waals surface area contributed by atoms with Gasteiger partial charge in [-0.05, 0) is 12.1 Å². The molecule has 0 amide bonds. The monoisotopic (exact) mass is 305 g/mol. The average molecular weight is 305 g/mol. The standard InChI is InChI=1S/C14H15N3O3S/c1-15-14-8-10(6-7-16-14)21(18,19)17-12-9-20-13-5-3-2-4-11(12)13/h2-8,12,17H,9H2,1H3,(H,15,16). The number of fused-ring (bicyclic) bond motifs is 1. The van der Waals surface area contributed by atoms with Crippen molar-refractivity contribution in [3.05, 3.63) is 48.2 Å². The van der Waals surface area contributed by atoms with E-state index >= 15 is 0 Å². The van der Waals surface area contributed by atoms with E-state index in [0.29, 0.717) is 12.4 Å². The molecule has 7 heteroatoms. The number of rotatable bonds is 4. The lowest BCUT2D eigenvalue weighted by Crippen LogP contribution is -2.29. The summed E-state index contributed by atoms with van der Waals surface area (Å²) in [5.74, 6) is 1.22. The van der Waals surface area contributed by atoms with Gasteiger partial charge < -0.3 is 10.1 Å². The normalized spacial score (nSPS) is 17.1. The van der Waals surface area contributed by atoms with E-state index in [4.69, 9.17) is 4.74 Å². The molecule has 0 bridgehead atoms. The predicted octanol–water partition coefficient (Wildman–Crippen LogP) is 1.54. The number of sulfonamides is 1. The molecule has 0 saturated heterocycles. The number of aromatic nitrogens is 1. The Bertz CT molecular complexity index is 762. The van der Waals surface area contributed by atoms with Crippen molar-refractivity contribution in [3.8, 4) is 5.75 Å². The Labute approximate surface area is 123 Å². The Kier molecular flexibility index (Phi) is 3.52. The number of nitrogens with one attached hydrogen (secondary N) is 2. The third kappa shape index (κ3) is 2.70. The van der Waals surface area contributed by atoms with Crippen LogP contribution in [0.5, 0.6) is 5.75 Å². The smallest absolute Gasteiger partial charge is 0.241 e. The van der Waals surface area contributed by atoms with Gasteiger partial charge in [0, 0.05) is 24.9 Å². The van der Waals surface area contributed by atoms with Gasteiger partial charge in [-0.2, -0.15) is 0 Å². The van der Waals surface area contributed by atoms with Gasteiger partial charge in [0.25, 0.3) is 0 Å². The van der Waals surface area contributed by atoms with Crippen LogP contribution >= 0.6 is 0 Å². The van der Waals surface area contributed by atoms with Gasteiger partial charge in [0.15, 0.2) is 0 Å². The lowest BCUT2D eigenvalue weighted by atomic mass is 10.1. The molecule has 2 aromatic rings. The number of pyridine rings is 1. The predicted molar refractivity (Wildman–Crippen MR) is 78.8 cm³/mol. The fourth-order valence-electron chi connectivity index (χ4n) is 2.23. The van der Waals surface area contributed by atoms with Gasteiger partial charge >= 0.3 is 0 Å². The molecule has 6 nitrogen and oxygen atoms in total. The molecule has 0 fully saturated rings. The van der Waals surface area contributed by atoms with E-state index in [0.717, 1.165) is 11.3 Å². The van der Waals surface area contributed by atoms with Gasteiger partial charge in [-0.3, -0.25) is 0 Å². The molecule has 21 heavy (non-hydrogen) atoms. The van der Waals surface area contributed by atoms with E-state index in [1.54, 1.807) is 7.05 Å². The summed E-state index contributed by atoms with van der Waals surface area (Å²) in [6, 6.07) is 9.99. The number of para-hydroxylation sites is 1. The quantitative estimate of drug-likeness (QED) is 0.895. The van der Waals surface area contributed by atoms with Gasteiger partial charge in [-0.25, -0.2) is 18.1 Å². The van der Waals surface area contributed by atoms with Crippen LogP contribution in [-0.4, -0.2) is 27.1 Å². The minimum Gasteiger partial charge on any atom is -0.491 e. The number of benzene rings is 1. The van der Waals surface area contributed by atoms with Crippen molar-refractivity contribution in [1.29, 1.82) is 0 Å². The number of hydrogen-bond acceptors (Lipinski definition) is 5. The summed E-state index contributed by atoms with van der Waals surface area (Å²) in [5, 5.41) is 2.82. The molecule has 2 N–H and O–H groups in total. The maximum atomic E-state index is 12.4. The van der Waals surface area contributed by atoms with Gasteiger partial charge in [-0.15, -0.1) is 0 Å². The van der Waals surface area contributed by atoms with Crippen molar-refractivity contribution < 1.29 is 13.2 Å². The van der Waals surface area contributed by atoms with E-state index < -0.39 is 10.0 Å². The zero-order valence-electron chi connectivity index (χ0n) is 11.4. The SMILES string of the molecule is CNc1cc(S(=O)(=O)NC2COc3ccccc32)ccn1. The molecular formula is C14H15N3O3S. The maximum absolute atomic E-state index is 12.4. The third-order valence-electron chi connectivity index (χ3n) is 3.30. The summed E-state index contributed by atoms with van der Waals surface area (Å²) < 4.78 is 33.0. The van der Waals surface area contributed by atoms with Crippen LogP contribution in [0.4, 0.5) is 5.82 Å². The molecule has 2 heterocycles. The van der Waals surface area contributed by atoms with Gasteiger partial charge in [-0.1, -0.05) is 18.2 Å². The first-order chi connectivity index (χ1) is 10.1. The van der Waals surface area contributed by atoms with Crippen LogP contribution in [0.25, 0.3) is 0 Å². The Morgan fingerprint density at radius 3 is 2.90 bits per heavy atom. The zero-order chi connectivity index (χ0) is 14.9. The molecule has 1 aliphatic rings. The zero-order valence-corrected chi connectivity index (χ0v) is 12.2. The highest BCUT2D eigenvalue weighted by atomic mass is 32.2. The van der Waals surface area contributed by atoms with Gasteiger partial charge in [0.2, 0.25) is 10.0 Å². The topological polar surface area (TPSA) is 80.3 Å². The fraction of sp³-hybridized carbons (Fsp3) is 0.214. The van der Waals surface area contributed by atoms with E-state index in [9.17, 15) is 8.42 Å². The van der Waals surface area contributed by atoms with Crippen LogP contribution in [0.3, 0.4) is 0 Å². The Balaban J connectivity index is 1.87. The van der Waals surface area contributed by atoms with Gasteiger partial charge in [0.05, 0.1) is 10.9 Å². The van der Waals surface area contributed by atoms with Crippen molar-refractivity contribution in [3.63, 3.8) is 0 Å². The van der Waals surface area contributed by atoms with Crippen LogP contribution in [0, 0.1) is 0 Å². The molecule has 1 aromatic heterocycles. The number of ether oxygens (including phenoxy) is 1. The Hall–Kier alpha value is -2.12. The highest BCUT2D eigenvalue weighted by Gasteiger charge is 2.28. The first-order valence-electron chi connectivity index (χ1n) is 6.48. The van der Waals surface area contributed by atoms with Crippen molar-refractivity contribution in [2.24, 2.45) is 0 Å². The van der Waals surface area contributed by atoms with Crippen molar-refractivity contribution in [2.45, 2.75) is 10.9 Å². The van der Waals surface area contributed by atoms with E-state index in [2.05, 4.69) is 15.0 Å². The fourth-order valence-corrected chi connectivity index (χ4v) is 3.44. The minimum absolute atomic E-state index is 0.172. The Morgan fingerprint density at radius 2 is 2.10 bits per heavy atom. The molecule has 0 saturated carbocycles. The summed E-state index contributed by atoms with van der Waals surface area (Å²) in [6.45, 7) is 0.294. The molecule has 1 aromatic carbocycles. The van der Waals surface area contributed by atoms with Crippen molar-refractivity contribution in [1.82, 2.24) is 9.71 Å². The summed E-state index contributed by atoms with van der Waals surface area (Å²) in [7, 11) is -1.94. The number of nitrogens with zero attached hydrogens (tertiary/aromatic N) is 1. The maximum Gasteiger partial charge on any atom is 0.241 e. The van der Waals surface area contributed by atoms with Crippen LogP contribution < -0.4 is 14.8 Å². The first-order valence-corrected chi connectivity index (χ1v) is 7.96. The molecular weight excluding hydrogens is 290 g/mol. The second-order valence-electron chi connectivity index (χ2n) is 4.65. The minimum atomic E-state index is -3.63. The molecule has 0 spiro atoms. The molecule has 0 radical (unpaired) electrons. The number of anilines is 1. The van der Waals surface area contributed by atoms with E-state index in [1.165, 1.54) is 18.3 Å². The largest absolute Gasteiger partial charge is 0.491 e. The first kappa shape index (κ1) is 13.8. The summed E-state index contributed by atoms with van der Waals surface area (Å²) in [6.07, 6.45) is 1.46. The van der Waals surface area contributed by atoms with Crippen LogP contribution in [0.2, 0.25) is 0 Å². The van der Waals surface area contributed by atoms with Crippen LogP contribution in [0.1, 0.15) is 11.6 Å². The molecule has 110 valence electrons. The summed E-state index contributed by atoms with van der Waals surface area (Å²) in [4.78, 5) is 4.18. The highest BCUT2D eigenvalue weighted by Crippen LogP contribution is 2.32. The van der Waals surface area contributed by atoms with Crippen molar-refractivity contribution >= 4 is 15.8 Å². The van der Waals surface area contributed by atoms with Gasteiger partial charge in [0.1, 0.15) is 18.2 Å². The number of hydrogen-bond donors (Lipinski definition) is 2. The average Bonchev–Trinajstić information content (AvgIpc) is 2.90. The molecule has 0 aliphatic carbocycles. The lowest BCUT2D eigenvalue weighted by Gasteiger charge is -2.12. The molecule has 1 aliphatic heterocycles. The van der Waals surface area contributed by atoms with Crippen LogP contribution in [0.15, 0.2) is 47.5 Å². The molecule has 1 unspecified atom stereocenters. The second-order valence-corrected chi connectivity index (χ2v) is 6.36. The van der Waals surface area contributed by atoms with Crippen LogP contribution in [-0.2, 0) is 10.0 Å². The highest BCUT2D eigenvalue weighted by molar-refractivity contribution is 7.89. The summed E-state index contributed by atoms with van der Waals surface area (Å²) in [5.41, 5.74) is 0.851. The molecule has 1 atom stereocenters. The van der Waals surface area contributed by atoms with Crippen molar-refractivity contribution in [2.75, 3.05) is 19.0 Å². The van der Waals surface area contributed by atoms with E-state index in [-0.39, 0.29) is 10.9 Å².